The molecule has 8 rings (SSSR count). The van der Waals surface area contributed by atoms with Crippen molar-refractivity contribution in [3.05, 3.63) is 216 Å². The third-order valence-corrected chi connectivity index (χ3v) is 8.76. The molecule has 10 heteroatoms. The van der Waals surface area contributed by atoms with Crippen LogP contribution in [0.2, 0.25) is 0 Å². The van der Waals surface area contributed by atoms with Gasteiger partial charge in [-0.2, -0.15) is 10.5 Å². The van der Waals surface area contributed by atoms with Gasteiger partial charge in [0.2, 0.25) is 0 Å². The van der Waals surface area contributed by atoms with Crippen LogP contribution >= 0.6 is 0 Å². The number of hydrogen-bond donors (Lipinski definition) is 0. The van der Waals surface area contributed by atoms with Gasteiger partial charge in [0.15, 0.2) is 0 Å². The molecule has 0 aliphatic carbocycles. The molecule has 58 heavy (non-hydrogen) atoms. The van der Waals surface area contributed by atoms with Gasteiger partial charge in [0.25, 0.3) is 0 Å². The van der Waals surface area contributed by atoms with E-state index in [4.69, 9.17) is 18.9 Å². The maximum Gasteiger partial charge on any atom is 0.145 e. The third-order valence-electron chi connectivity index (χ3n) is 8.76. The molecular formula is C48H38N6O4. The smallest absolute Gasteiger partial charge is 0.145 e. The molecule has 0 amide bonds. The Hall–Kier alpha value is -8.08. The van der Waals surface area contributed by atoms with Gasteiger partial charge in [-0.1, -0.05) is 78.9 Å². The fraction of sp³-hybridized carbons (Fsp3) is 0.0833. The summed E-state index contributed by atoms with van der Waals surface area (Å²) in [5.74, 6) is 3.78. The number of rotatable bonds is 14. The van der Waals surface area contributed by atoms with Gasteiger partial charge in [-0.15, -0.1) is 0 Å². The quantitative estimate of drug-likeness (QED) is 0.107. The molecule has 0 atom stereocenters. The molecular weight excluding hydrogens is 725 g/mol. The standard InChI is InChI=1S/2C24H19N3O2/c25-15-21-10-9-20(16-27-12-11-26-18-27)13-24(21)29-23-8-4-7-22(14-23)28-17-19-5-2-1-3-6-19;25-15-21-7-6-20(16-27-13-12-26-18-27)14-24(21)29-23-10-8-22(9-11-23)28-17-19-4-2-1-3-5-19/h2*1-14,18H,16-17H2. The summed E-state index contributed by atoms with van der Waals surface area (Å²) < 4.78 is 27.6. The fourth-order valence-corrected chi connectivity index (χ4v) is 5.83. The molecule has 0 bridgehead atoms. The van der Waals surface area contributed by atoms with Gasteiger partial charge in [-0.3, -0.25) is 0 Å². The topological polar surface area (TPSA) is 120 Å². The summed E-state index contributed by atoms with van der Waals surface area (Å²) in [6.45, 7) is 2.31. The SMILES string of the molecule is N#Cc1ccc(Cn2ccnc2)cc1Oc1ccc(OCc2ccccc2)cc1.N#Cc1ccc(Cn2ccnc2)cc1Oc1cccc(OCc2ccccc2)c1. The first-order valence-electron chi connectivity index (χ1n) is 18.5. The Morgan fingerprint density at radius 3 is 1.43 bits per heavy atom. The van der Waals surface area contributed by atoms with Crippen LogP contribution in [0.3, 0.4) is 0 Å². The van der Waals surface area contributed by atoms with E-state index in [9.17, 15) is 10.5 Å². The van der Waals surface area contributed by atoms with Crippen LogP contribution in [0.15, 0.2) is 183 Å². The van der Waals surface area contributed by atoms with Crippen LogP contribution in [-0.4, -0.2) is 19.1 Å². The van der Waals surface area contributed by atoms with E-state index in [0.29, 0.717) is 66.2 Å². The van der Waals surface area contributed by atoms with E-state index in [1.165, 1.54) is 0 Å². The summed E-state index contributed by atoms with van der Waals surface area (Å²) in [6, 6.07) is 50.4. The highest BCUT2D eigenvalue weighted by Crippen LogP contribution is 2.30. The molecule has 0 aliphatic heterocycles. The molecule has 2 aromatic heterocycles. The van der Waals surface area contributed by atoms with Crippen LogP contribution in [0.4, 0.5) is 0 Å². The summed E-state index contributed by atoms with van der Waals surface area (Å²) in [6.07, 6.45) is 10.8. The van der Waals surface area contributed by atoms with Crippen LogP contribution in [0.5, 0.6) is 34.5 Å². The molecule has 0 unspecified atom stereocenters. The summed E-state index contributed by atoms with van der Waals surface area (Å²) in [7, 11) is 0. The molecule has 0 N–H and O–H groups in total. The molecule has 0 saturated heterocycles. The number of benzene rings is 6. The van der Waals surface area contributed by atoms with E-state index >= 15 is 0 Å². The minimum atomic E-state index is 0.480. The summed E-state index contributed by atoms with van der Waals surface area (Å²) >= 11 is 0. The fourth-order valence-electron chi connectivity index (χ4n) is 5.83. The van der Waals surface area contributed by atoms with E-state index in [1.807, 2.05) is 155 Å². The van der Waals surface area contributed by atoms with Crippen LogP contribution in [0.25, 0.3) is 0 Å². The predicted octanol–water partition coefficient (Wildman–Crippen LogP) is 10.3. The number of nitriles is 2. The predicted molar refractivity (Wildman–Crippen MR) is 220 cm³/mol. The van der Waals surface area contributed by atoms with Crippen LogP contribution in [0.1, 0.15) is 33.4 Å². The Morgan fingerprint density at radius 1 is 0.448 bits per heavy atom. The highest BCUT2D eigenvalue weighted by atomic mass is 16.5. The second-order valence-corrected chi connectivity index (χ2v) is 13.1. The van der Waals surface area contributed by atoms with Gasteiger partial charge >= 0.3 is 0 Å². The van der Waals surface area contributed by atoms with Gasteiger partial charge in [0.1, 0.15) is 59.8 Å². The van der Waals surface area contributed by atoms with Crippen molar-refractivity contribution in [2.24, 2.45) is 0 Å². The Kier molecular flexibility index (Phi) is 12.8. The lowest BCUT2D eigenvalue weighted by Crippen LogP contribution is -1.98. The molecule has 284 valence electrons. The lowest BCUT2D eigenvalue weighted by molar-refractivity contribution is 0.304. The largest absolute Gasteiger partial charge is 0.489 e. The van der Waals surface area contributed by atoms with Gasteiger partial charge in [0.05, 0.1) is 23.8 Å². The van der Waals surface area contributed by atoms with Crippen LogP contribution < -0.4 is 18.9 Å². The van der Waals surface area contributed by atoms with Crippen molar-refractivity contribution in [3.63, 3.8) is 0 Å². The minimum Gasteiger partial charge on any atom is -0.489 e. The van der Waals surface area contributed by atoms with Gasteiger partial charge in [-0.05, 0) is 82.9 Å². The van der Waals surface area contributed by atoms with Gasteiger partial charge < -0.3 is 28.1 Å². The van der Waals surface area contributed by atoms with Crippen LogP contribution in [0, 0.1) is 22.7 Å². The zero-order valence-electron chi connectivity index (χ0n) is 31.5. The van der Waals surface area contributed by atoms with E-state index in [-0.39, 0.29) is 0 Å². The summed E-state index contributed by atoms with van der Waals surface area (Å²) in [5, 5.41) is 18.8. The van der Waals surface area contributed by atoms with Crippen LogP contribution in [-0.2, 0) is 26.3 Å². The second-order valence-electron chi connectivity index (χ2n) is 13.1. The molecule has 10 nitrogen and oxygen atoms in total. The van der Waals surface area contributed by atoms with Gasteiger partial charge in [-0.25, -0.2) is 9.97 Å². The van der Waals surface area contributed by atoms with E-state index in [0.717, 1.165) is 28.0 Å². The number of hydrogen-bond acceptors (Lipinski definition) is 8. The minimum absolute atomic E-state index is 0.480. The average molecular weight is 763 g/mol. The van der Waals surface area contributed by atoms with E-state index < -0.39 is 0 Å². The van der Waals surface area contributed by atoms with Crippen molar-refractivity contribution in [2.75, 3.05) is 0 Å². The lowest BCUT2D eigenvalue weighted by Gasteiger charge is -2.12. The van der Waals surface area contributed by atoms with Crippen molar-refractivity contribution in [3.8, 4) is 46.6 Å². The molecule has 0 saturated carbocycles. The highest BCUT2D eigenvalue weighted by molar-refractivity contribution is 5.49. The lowest BCUT2D eigenvalue weighted by atomic mass is 10.1. The molecule has 6 aromatic carbocycles. The first-order chi connectivity index (χ1) is 28.6. The van der Waals surface area contributed by atoms with Crippen molar-refractivity contribution in [1.82, 2.24) is 19.1 Å². The normalized spacial score (nSPS) is 10.3. The Balaban J connectivity index is 0.000000177. The van der Waals surface area contributed by atoms with Crippen molar-refractivity contribution in [1.29, 1.82) is 10.5 Å². The molecule has 0 aliphatic rings. The average Bonchev–Trinajstić information content (AvgIpc) is 3.99. The number of ether oxygens (including phenoxy) is 4. The molecule has 2 heterocycles. The Morgan fingerprint density at radius 2 is 0.931 bits per heavy atom. The second kappa shape index (κ2) is 19.5. The maximum absolute atomic E-state index is 9.44. The molecule has 8 aromatic rings. The third kappa shape index (κ3) is 11.0. The number of aromatic nitrogens is 4. The van der Waals surface area contributed by atoms with Gasteiger partial charge in [0, 0.05) is 43.9 Å². The summed E-state index contributed by atoms with van der Waals surface area (Å²) in [5.41, 5.74) is 5.23. The molecule has 0 spiro atoms. The monoisotopic (exact) mass is 762 g/mol. The zero-order valence-corrected chi connectivity index (χ0v) is 31.5. The van der Waals surface area contributed by atoms with E-state index in [1.54, 1.807) is 37.2 Å². The van der Waals surface area contributed by atoms with Crippen molar-refractivity contribution >= 4 is 0 Å². The first-order valence-corrected chi connectivity index (χ1v) is 18.5. The summed E-state index contributed by atoms with van der Waals surface area (Å²) in [4.78, 5) is 8.11. The Labute approximate surface area is 337 Å². The van der Waals surface area contributed by atoms with Crippen molar-refractivity contribution in [2.45, 2.75) is 26.3 Å². The highest BCUT2D eigenvalue weighted by Gasteiger charge is 2.10. The van der Waals surface area contributed by atoms with E-state index in [2.05, 4.69) is 22.1 Å². The zero-order chi connectivity index (χ0) is 39.8. The number of nitrogens with zero attached hydrogens (tertiary/aromatic N) is 6. The molecule has 0 fully saturated rings. The number of imidazole rings is 2. The maximum atomic E-state index is 9.44. The Bertz CT molecular complexity index is 2580. The van der Waals surface area contributed by atoms with Crippen molar-refractivity contribution < 1.29 is 18.9 Å². The first kappa shape index (κ1) is 38.2. The molecule has 0 radical (unpaired) electrons.